The van der Waals surface area contributed by atoms with E-state index in [4.69, 9.17) is 10.5 Å². The first-order chi connectivity index (χ1) is 11.7. The van der Waals surface area contributed by atoms with Gasteiger partial charge in [-0.15, -0.1) is 0 Å². The Kier molecular flexibility index (Phi) is 5.28. The molecule has 4 heteroatoms. The molecule has 24 heavy (non-hydrogen) atoms. The molecule has 1 amide bonds. The largest absolute Gasteiger partial charge is 0.381 e. The molecule has 0 radical (unpaired) electrons. The summed E-state index contributed by atoms with van der Waals surface area (Å²) in [6.07, 6.45) is 1.40. The molecule has 3 N–H and O–H groups in total. The van der Waals surface area contributed by atoms with Crippen LogP contribution in [0.4, 0.5) is 0 Å². The number of benzene rings is 2. The average molecular weight is 324 g/mol. The van der Waals surface area contributed by atoms with Gasteiger partial charge in [-0.2, -0.15) is 0 Å². The molecule has 3 rings (SSSR count). The normalized spacial score (nSPS) is 17.9. The van der Waals surface area contributed by atoms with Gasteiger partial charge in [0.2, 0.25) is 5.91 Å². The lowest BCUT2D eigenvalue weighted by Gasteiger charge is -2.36. The first-order valence-corrected chi connectivity index (χ1v) is 8.44. The molecule has 2 aromatic carbocycles. The predicted molar refractivity (Wildman–Crippen MR) is 94.6 cm³/mol. The van der Waals surface area contributed by atoms with Crippen LogP contribution >= 0.6 is 0 Å². The molecule has 4 nitrogen and oxygen atoms in total. The lowest BCUT2D eigenvalue weighted by molar-refractivity contribution is -0.130. The maximum absolute atomic E-state index is 13.0. The number of hydrogen-bond acceptors (Lipinski definition) is 3. The third kappa shape index (κ3) is 3.50. The van der Waals surface area contributed by atoms with E-state index in [1.54, 1.807) is 0 Å². The van der Waals surface area contributed by atoms with Crippen molar-refractivity contribution in [3.63, 3.8) is 0 Å². The number of carbonyl (C=O) groups excluding carboxylic acids is 1. The number of ether oxygens (including phenoxy) is 1. The molecule has 2 aromatic rings. The monoisotopic (exact) mass is 324 g/mol. The zero-order valence-corrected chi connectivity index (χ0v) is 13.8. The summed E-state index contributed by atoms with van der Waals surface area (Å²) in [6.45, 7) is 1.64. The van der Waals surface area contributed by atoms with Gasteiger partial charge in [0.15, 0.2) is 0 Å². The standard InChI is InChI=1S/C20H24N2O2/c21-18(16-7-3-1-4-8-16)15-22-19(23)20(11-13-24-14-12-20)17-9-5-2-6-10-17/h1-10,18H,11-15,21H2,(H,22,23). The van der Waals surface area contributed by atoms with Crippen molar-refractivity contribution in [1.29, 1.82) is 0 Å². The van der Waals surface area contributed by atoms with Crippen molar-refractivity contribution < 1.29 is 9.53 Å². The number of nitrogens with one attached hydrogen (secondary N) is 1. The molecule has 0 bridgehead atoms. The van der Waals surface area contributed by atoms with E-state index in [0.717, 1.165) is 11.1 Å². The van der Waals surface area contributed by atoms with E-state index in [0.29, 0.717) is 32.6 Å². The van der Waals surface area contributed by atoms with Gasteiger partial charge in [0.05, 0.1) is 5.41 Å². The Balaban J connectivity index is 1.73. The highest BCUT2D eigenvalue weighted by Crippen LogP contribution is 2.35. The minimum atomic E-state index is -0.518. The third-order valence-electron chi connectivity index (χ3n) is 4.82. The number of carbonyl (C=O) groups is 1. The summed E-state index contributed by atoms with van der Waals surface area (Å²) in [7, 11) is 0. The molecule has 1 aliphatic heterocycles. The van der Waals surface area contributed by atoms with Gasteiger partial charge < -0.3 is 15.8 Å². The molecule has 1 atom stereocenters. The second kappa shape index (κ2) is 7.60. The Morgan fingerprint density at radius 2 is 1.62 bits per heavy atom. The van der Waals surface area contributed by atoms with Gasteiger partial charge in [-0.05, 0) is 24.0 Å². The van der Waals surface area contributed by atoms with Crippen LogP contribution in [-0.2, 0) is 14.9 Å². The van der Waals surface area contributed by atoms with E-state index in [1.165, 1.54) is 0 Å². The lowest BCUT2D eigenvalue weighted by atomic mass is 9.73. The van der Waals surface area contributed by atoms with Crippen LogP contribution in [0.1, 0.15) is 30.0 Å². The fraction of sp³-hybridized carbons (Fsp3) is 0.350. The Labute approximate surface area is 143 Å². The van der Waals surface area contributed by atoms with Crippen LogP contribution in [0.2, 0.25) is 0 Å². The van der Waals surface area contributed by atoms with Crippen molar-refractivity contribution >= 4 is 5.91 Å². The topological polar surface area (TPSA) is 64.3 Å². The summed E-state index contributed by atoms with van der Waals surface area (Å²) in [5.41, 5.74) is 7.78. The second-order valence-corrected chi connectivity index (χ2v) is 6.29. The first kappa shape index (κ1) is 16.7. The lowest BCUT2D eigenvalue weighted by Crippen LogP contribution is -2.49. The molecular formula is C20H24N2O2. The molecule has 1 saturated heterocycles. The van der Waals surface area contributed by atoms with Gasteiger partial charge in [-0.3, -0.25) is 4.79 Å². The van der Waals surface area contributed by atoms with Crippen molar-refractivity contribution in [1.82, 2.24) is 5.32 Å². The molecule has 126 valence electrons. The first-order valence-electron chi connectivity index (χ1n) is 8.44. The van der Waals surface area contributed by atoms with Crippen molar-refractivity contribution in [2.45, 2.75) is 24.3 Å². The number of hydrogen-bond donors (Lipinski definition) is 2. The van der Waals surface area contributed by atoms with Crippen LogP contribution in [0.3, 0.4) is 0 Å². The maximum Gasteiger partial charge on any atom is 0.230 e. The number of amides is 1. The highest BCUT2D eigenvalue weighted by atomic mass is 16.5. The SMILES string of the molecule is NC(CNC(=O)C1(c2ccccc2)CCOCC1)c1ccccc1. The Morgan fingerprint density at radius 1 is 1.04 bits per heavy atom. The minimum Gasteiger partial charge on any atom is -0.381 e. The highest BCUT2D eigenvalue weighted by molar-refractivity contribution is 5.88. The summed E-state index contributed by atoms with van der Waals surface area (Å²) in [4.78, 5) is 13.0. The molecule has 0 spiro atoms. The van der Waals surface area contributed by atoms with Crippen molar-refractivity contribution in [3.8, 4) is 0 Å². The van der Waals surface area contributed by atoms with E-state index in [-0.39, 0.29) is 11.9 Å². The van der Waals surface area contributed by atoms with E-state index in [9.17, 15) is 4.79 Å². The van der Waals surface area contributed by atoms with Crippen LogP contribution in [0.25, 0.3) is 0 Å². The molecule has 1 unspecified atom stereocenters. The van der Waals surface area contributed by atoms with Gasteiger partial charge in [0.1, 0.15) is 0 Å². The molecular weight excluding hydrogens is 300 g/mol. The minimum absolute atomic E-state index is 0.0448. The van der Waals surface area contributed by atoms with Crippen LogP contribution in [-0.4, -0.2) is 25.7 Å². The van der Waals surface area contributed by atoms with Crippen LogP contribution in [0.5, 0.6) is 0 Å². The third-order valence-corrected chi connectivity index (χ3v) is 4.82. The summed E-state index contributed by atoms with van der Waals surface area (Å²) in [5, 5.41) is 3.07. The fourth-order valence-corrected chi connectivity index (χ4v) is 3.31. The second-order valence-electron chi connectivity index (χ2n) is 6.29. The summed E-state index contributed by atoms with van der Waals surface area (Å²) in [6, 6.07) is 19.6. The molecule has 0 aromatic heterocycles. The van der Waals surface area contributed by atoms with E-state index in [1.807, 2.05) is 60.7 Å². The van der Waals surface area contributed by atoms with E-state index < -0.39 is 5.41 Å². The Morgan fingerprint density at radius 3 is 2.25 bits per heavy atom. The fourth-order valence-electron chi connectivity index (χ4n) is 3.31. The van der Waals surface area contributed by atoms with Crippen molar-refractivity contribution in [3.05, 3.63) is 71.8 Å². The van der Waals surface area contributed by atoms with Gasteiger partial charge in [0.25, 0.3) is 0 Å². The zero-order chi connectivity index (χ0) is 16.8. The van der Waals surface area contributed by atoms with Crippen molar-refractivity contribution in [2.75, 3.05) is 19.8 Å². The van der Waals surface area contributed by atoms with Crippen LogP contribution < -0.4 is 11.1 Å². The smallest absolute Gasteiger partial charge is 0.230 e. The molecule has 0 saturated carbocycles. The number of nitrogens with two attached hydrogens (primary N) is 1. The highest BCUT2D eigenvalue weighted by Gasteiger charge is 2.41. The summed E-state index contributed by atoms with van der Waals surface area (Å²) >= 11 is 0. The van der Waals surface area contributed by atoms with Crippen LogP contribution in [0.15, 0.2) is 60.7 Å². The van der Waals surface area contributed by atoms with E-state index in [2.05, 4.69) is 5.32 Å². The quantitative estimate of drug-likeness (QED) is 0.888. The van der Waals surface area contributed by atoms with E-state index >= 15 is 0 Å². The molecule has 1 fully saturated rings. The van der Waals surface area contributed by atoms with Gasteiger partial charge >= 0.3 is 0 Å². The van der Waals surface area contributed by atoms with Crippen LogP contribution in [0, 0.1) is 0 Å². The summed E-state index contributed by atoms with van der Waals surface area (Å²) in [5.74, 6) is 0.0448. The van der Waals surface area contributed by atoms with Gasteiger partial charge in [-0.25, -0.2) is 0 Å². The van der Waals surface area contributed by atoms with Gasteiger partial charge in [-0.1, -0.05) is 60.7 Å². The van der Waals surface area contributed by atoms with Gasteiger partial charge in [0, 0.05) is 25.8 Å². The zero-order valence-electron chi connectivity index (χ0n) is 13.8. The van der Waals surface area contributed by atoms with Crippen molar-refractivity contribution in [2.24, 2.45) is 5.73 Å². The Hall–Kier alpha value is -2.17. The molecule has 0 aliphatic carbocycles. The average Bonchev–Trinajstić information content (AvgIpc) is 2.67. The molecule has 1 aliphatic rings. The molecule has 1 heterocycles. The summed E-state index contributed by atoms with van der Waals surface area (Å²) < 4.78 is 5.49. The number of rotatable bonds is 5. The maximum atomic E-state index is 13.0. The Bertz CT molecular complexity index is 652. The predicted octanol–water partition coefficient (Wildman–Crippen LogP) is 2.55.